The van der Waals surface area contributed by atoms with Gasteiger partial charge in [-0.3, -0.25) is 9.59 Å². The molecule has 1 aromatic heterocycles. The monoisotopic (exact) mass is 609 g/mol. The number of carbonyl (C=O) groups is 2. The third-order valence-electron chi connectivity index (χ3n) is 7.59. The number of amides is 2. The van der Waals surface area contributed by atoms with Crippen molar-refractivity contribution in [2.75, 3.05) is 13.1 Å². The number of piperidine rings is 1. The van der Waals surface area contributed by atoms with E-state index in [-0.39, 0.29) is 23.3 Å². The lowest BCUT2D eigenvalue weighted by molar-refractivity contribution is -0.137. The number of benzene rings is 3. The van der Waals surface area contributed by atoms with E-state index in [9.17, 15) is 31.2 Å². The van der Waals surface area contributed by atoms with Crippen LogP contribution in [0.2, 0.25) is 0 Å². The van der Waals surface area contributed by atoms with Crippen LogP contribution in [-0.4, -0.2) is 43.2 Å². The summed E-state index contributed by atoms with van der Waals surface area (Å²) in [6, 6.07) is 19.5. The van der Waals surface area contributed by atoms with Crippen LogP contribution in [0.15, 0.2) is 83.8 Å². The average Bonchev–Trinajstić information content (AvgIpc) is 2.99. The van der Waals surface area contributed by atoms with Gasteiger partial charge in [0, 0.05) is 29.6 Å². The zero-order valence-corrected chi connectivity index (χ0v) is 24.4. The van der Waals surface area contributed by atoms with E-state index < -0.39 is 33.6 Å². The number of hydrogen-bond donors (Lipinski definition) is 1. The Bertz CT molecular complexity index is 1790. The Balaban J connectivity index is 1.28. The normalized spacial score (nSPS) is 16.0. The largest absolute Gasteiger partial charge is 0.416 e. The number of nitrogens with one attached hydrogen (secondary N) is 1. The van der Waals surface area contributed by atoms with Gasteiger partial charge >= 0.3 is 6.18 Å². The summed E-state index contributed by atoms with van der Waals surface area (Å²) in [4.78, 5) is 32.4. The van der Waals surface area contributed by atoms with Gasteiger partial charge in [0.2, 0.25) is 5.91 Å². The molecule has 1 aliphatic rings. The third kappa shape index (κ3) is 6.72. The lowest BCUT2D eigenvalue weighted by Crippen LogP contribution is -2.46. The van der Waals surface area contributed by atoms with Gasteiger partial charge in [-0.05, 0) is 72.9 Å². The molecule has 224 valence electrons. The van der Waals surface area contributed by atoms with Gasteiger partial charge < -0.3 is 4.90 Å². The second kappa shape index (κ2) is 11.8. The molecule has 11 heteroatoms. The van der Waals surface area contributed by atoms with E-state index in [1.807, 2.05) is 13.8 Å². The first-order valence-corrected chi connectivity index (χ1v) is 15.3. The maximum Gasteiger partial charge on any atom is 0.416 e. The SMILES string of the molecule is CC(C)c1ccc(S(=O)(=O)NC(=O)C2CCCN(C(=O)c3ccc4nc(-c5cccc(C(F)(F)F)c5)ccc4c3)C2)cc1. The van der Waals surface area contributed by atoms with E-state index in [1.54, 1.807) is 48.5 Å². The fourth-order valence-corrected chi connectivity index (χ4v) is 6.18. The molecule has 0 radical (unpaired) electrons. The Labute approximate surface area is 247 Å². The summed E-state index contributed by atoms with van der Waals surface area (Å²) in [5.41, 5.74) is 1.78. The molecule has 43 heavy (non-hydrogen) atoms. The van der Waals surface area contributed by atoms with E-state index in [2.05, 4.69) is 9.71 Å². The molecule has 0 spiro atoms. The molecule has 0 aliphatic carbocycles. The lowest BCUT2D eigenvalue weighted by atomic mass is 9.96. The maximum absolute atomic E-state index is 13.4. The summed E-state index contributed by atoms with van der Waals surface area (Å²) < 4.78 is 67.3. The minimum absolute atomic E-state index is 0.00465. The van der Waals surface area contributed by atoms with Gasteiger partial charge in [-0.25, -0.2) is 18.1 Å². The van der Waals surface area contributed by atoms with Gasteiger partial charge in [-0.15, -0.1) is 0 Å². The Morgan fingerprint density at radius 2 is 1.72 bits per heavy atom. The van der Waals surface area contributed by atoms with Crippen molar-refractivity contribution in [1.82, 2.24) is 14.6 Å². The number of fused-ring (bicyclic) bond motifs is 1. The summed E-state index contributed by atoms with van der Waals surface area (Å²) >= 11 is 0. The second-order valence-electron chi connectivity index (χ2n) is 11.0. The van der Waals surface area contributed by atoms with Gasteiger partial charge in [0.1, 0.15) is 0 Å². The number of pyridine rings is 1. The van der Waals surface area contributed by atoms with Crippen LogP contribution >= 0.6 is 0 Å². The number of halogens is 3. The number of likely N-dealkylation sites (tertiary alicyclic amines) is 1. The Hall–Kier alpha value is -4.25. The molecule has 2 amide bonds. The quantitative estimate of drug-likeness (QED) is 0.273. The van der Waals surface area contributed by atoms with Crippen molar-refractivity contribution in [3.8, 4) is 11.3 Å². The minimum Gasteiger partial charge on any atom is -0.338 e. The molecule has 0 bridgehead atoms. The highest BCUT2D eigenvalue weighted by molar-refractivity contribution is 7.90. The fraction of sp³-hybridized carbons (Fsp3) is 0.281. The van der Waals surface area contributed by atoms with Crippen molar-refractivity contribution in [3.05, 3.63) is 95.6 Å². The second-order valence-corrected chi connectivity index (χ2v) is 12.6. The van der Waals surface area contributed by atoms with Crippen LogP contribution in [0.3, 0.4) is 0 Å². The third-order valence-corrected chi connectivity index (χ3v) is 8.96. The molecule has 0 saturated carbocycles. The minimum atomic E-state index is -4.47. The Morgan fingerprint density at radius 1 is 0.977 bits per heavy atom. The maximum atomic E-state index is 13.4. The standard InChI is InChI=1S/C32H30F3N3O4S/c1-20(2)21-8-12-27(13-9-21)43(41,42)37-30(39)25-6-4-16-38(19-25)31(40)24-11-15-29-23(17-24)10-14-28(36-29)22-5-3-7-26(18-22)32(33,34)35/h3,5,7-15,17-18,20,25H,4,6,16,19H2,1-2H3,(H,37,39). The molecular formula is C32H30F3N3O4S. The van der Waals surface area contributed by atoms with E-state index in [0.29, 0.717) is 47.1 Å². The molecule has 1 saturated heterocycles. The van der Waals surface area contributed by atoms with Crippen molar-refractivity contribution < 1.29 is 31.2 Å². The molecule has 3 aromatic carbocycles. The van der Waals surface area contributed by atoms with Crippen LogP contribution in [0.4, 0.5) is 13.2 Å². The smallest absolute Gasteiger partial charge is 0.338 e. The molecular weight excluding hydrogens is 579 g/mol. The number of sulfonamides is 1. The lowest BCUT2D eigenvalue weighted by Gasteiger charge is -2.32. The highest BCUT2D eigenvalue weighted by atomic mass is 32.2. The predicted octanol–water partition coefficient (Wildman–Crippen LogP) is 6.40. The van der Waals surface area contributed by atoms with Crippen LogP contribution in [0.1, 0.15) is 54.1 Å². The van der Waals surface area contributed by atoms with E-state index in [0.717, 1.165) is 17.7 Å². The molecule has 4 aromatic rings. The van der Waals surface area contributed by atoms with Crippen LogP contribution in [0.25, 0.3) is 22.2 Å². The number of hydrogen-bond acceptors (Lipinski definition) is 5. The first-order valence-electron chi connectivity index (χ1n) is 13.9. The van der Waals surface area contributed by atoms with Gasteiger partial charge in [-0.2, -0.15) is 13.2 Å². The summed E-state index contributed by atoms with van der Waals surface area (Å²) in [5.74, 6) is -1.43. The van der Waals surface area contributed by atoms with Gasteiger partial charge in [-0.1, -0.05) is 44.2 Å². The number of alkyl halides is 3. The van der Waals surface area contributed by atoms with E-state index in [4.69, 9.17) is 0 Å². The van der Waals surface area contributed by atoms with Gasteiger partial charge in [0.15, 0.2) is 0 Å². The van der Waals surface area contributed by atoms with Crippen LogP contribution in [-0.2, 0) is 21.0 Å². The fourth-order valence-electron chi connectivity index (χ4n) is 5.14. The molecule has 5 rings (SSSR count). The molecule has 1 N–H and O–H groups in total. The number of rotatable bonds is 6. The van der Waals surface area contributed by atoms with Gasteiger partial charge in [0.25, 0.3) is 15.9 Å². The molecule has 2 heterocycles. The number of aromatic nitrogens is 1. The zero-order chi connectivity index (χ0) is 30.9. The van der Waals surface area contributed by atoms with Crippen LogP contribution < -0.4 is 4.72 Å². The Kier molecular flexibility index (Phi) is 8.29. The topological polar surface area (TPSA) is 96.4 Å². The average molecular weight is 610 g/mol. The first-order chi connectivity index (χ1) is 20.3. The Morgan fingerprint density at radius 3 is 2.42 bits per heavy atom. The zero-order valence-electron chi connectivity index (χ0n) is 23.6. The van der Waals surface area contributed by atoms with Crippen molar-refractivity contribution in [2.24, 2.45) is 5.92 Å². The number of carbonyl (C=O) groups excluding carboxylic acids is 2. The highest BCUT2D eigenvalue weighted by Gasteiger charge is 2.32. The van der Waals surface area contributed by atoms with E-state index >= 15 is 0 Å². The molecule has 1 unspecified atom stereocenters. The summed E-state index contributed by atoms with van der Waals surface area (Å²) in [6.07, 6.45) is -3.50. The van der Waals surface area contributed by atoms with Crippen molar-refractivity contribution in [3.63, 3.8) is 0 Å². The summed E-state index contributed by atoms with van der Waals surface area (Å²) in [5, 5.41) is 0.627. The van der Waals surface area contributed by atoms with Crippen molar-refractivity contribution in [2.45, 2.75) is 43.7 Å². The number of nitrogens with zero attached hydrogens (tertiary/aromatic N) is 2. The van der Waals surface area contributed by atoms with Crippen LogP contribution in [0, 0.1) is 5.92 Å². The summed E-state index contributed by atoms with van der Waals surface area (Å²) in [6.45, 7) is 4.47. The van der Waals surface area contributed by atoms with E-state index in [1.165, 1.54) is 23.1 Å². The summed E-state index contributed by atoms with van der Waals surface area (Å²) in [7, 11) is -4.06. The molecule has 1 atom stereocenters. The highest BCUT2D eigenvalue weighted by Crippen LogP contribution is 2.32. The predicted molar refractivity (Wildman–Crippen MR) is 157 cm³/mol. The molecule has 7 nitrogen and oxygen atoms in total. The first kappa shape index (κ1) is 30.2. The van der Waals surface area contributed by atoms with Gasteiger partial charge in [0.05, 0.1) is 27.6 Å². The van der Waals surface area contributed by atoms with Crippen molar-refractivity contribution in [1.29, 1.82) is 0 Å². The van der Waals surface area contributed by atoms with Crippen molar-refractivity contribution >= 4 is 32.7 Å². The van der Waals surface area contributed by atoms with Crippen LogP contribution in [0.5, 0.6) is 0 Å². The molecule has 1 fully saturated rings. The molecule has 1 aliphatic heterocycles.